The van der Waals surface area contributed by atoms with Crippen LogP contribution in [0.15, 0.2) is 47.5 Å². The summed E-state index contributed by atoms with van der Waals surface area (Å²) in [6.45, 7) is 2.51. The average molecular weight is 438 g/mol. The van der Waals surface area contributed by atoms with Crippen LogP contribution in [0, 0.1) is 5.92 Å². The van der Waals surface area contributed by atoms with E-state index < -0.39 is 0 Å². The van der Waals surface area contributed by atoms with E-state index in [1.54, 1.807) is 31.7 Å². The zero-order valence-electron chi connectivity index (χ0n) is 18.5. The van der Waals surface area contributed by atoms with E-state index in [-0.39, 0.29) is 17.5 Å². The number of methoxy groups -OCH3 is 1. The molecule has 1 unspecified atom stereocenters. The molecule has 1 saturated carbocycles. The van der Waals surface area contributed by atoms with E-state index in [0.717, 1.165) is 37.1 Å². The minimum atomic E-state index is -0.109. The lowest BCUT2D eigenvalue weighted by Crippen LogP contribution is -2.51. The van der Waals surface area contributed by atoms with Crippen LogP contribution in [-0.2, 0) is 4.79 Å². The fourth-order valence-electron chi connectivity index (χ4n) is 4.26. The van der Waals surface area contributed by atoms with Crippen molar-refractivity contribution in [3.05, 3.63) is 53.1 Å². The zero-order valence-corrected chi connectivity index (χ0v) is 18.5. The first-order valence-electron chi connectivity index (χ1n) is 11.2. The third kappa shape index (κ3) is 5.19. The molecule has 2 aromatic heterocycles. The summed E-state index contributed by atoms with van der Waals surface area (Å²) in [5.41, 5.74) is 7.87. The number of nitrogens with one attached hydrogen (secondary N) is 1. The second kappa shape index (κ2) is 9.99. The molecule has 1 aliphatic carbocycles. The van der Waals surface area contributed by atoms with Gasteiger partial charge in [-0.1, -0.05) is 6.08 Å². The standard InChI is InChI=1S/C24H31N5O3/c1-32-22-13-18(8-10-26-22)19-12-21(24(31)27-14-19)29(15-17-6-7-17)20-4-3-11-28(16-20)23(30)5-2-9-25/h2,5,8,10,12-14,17,20H,3-4,6-7,9,11,15-16,25H2,1H3,(H,27,31). The Bertz CT molecular complexity index is 1030. The van der Waals surface area contributed by atoms with Gasteiger partial charge in [-0.3, -0.25) is 9.59 Å². The van der Waals surface area contributed by atoms with E-state index in [2.05, 4.69) is 14.9 Å². The van der Waals surface area contributed by atoms with Gasteiger partial charge in [-0.25, -0.2) is 4.98 Å². The van der Waals surface area contributed by atoms with Crippen LogP contribution in [0.4, 0.5) is 5.69 Å². The molecule has 32 heavy (non-hydrogen) atoms. The van der Waals surface area contributed by atoms with Gasteiger partial charge in [0.15, 0.2) is 0 Å². The summed E-state index contributed by atoms with van der Waals surface area (Å²) < 4.78 is 5.25. The average Bonchev–Trinajstić information content (AvgIpc) is 3.66. The number of carbonyl (C=O) groups excluding carboxylic acids is 1. The highest BCUT2D eigenvalue weighted by atomic mass is 16.5. The Labute approximate surface area is 188 Å². The number of aromatic amines is 1. The molecule has 3 N–H and O–H groups in total. The summed E-state index contributed by atoms with van der Waals surface area (Å²) in [7, 11) is 1.58. The number of nitrogens with zero attached hydrogens (tertiary/aromatic N) is 3. The van der Waals surface area contributed by atoms with E-state index in [0.29, 0.717) is 30.6 Å². The van der Waals surface area contributed by atoms with Gasteiger partial charge in [0, 0.05) is 62.3 Å². The molecule has 0 bridgehead atoms. The Hall–Kier alpha value is -3.13. The summed E-state index contributed by atoms with van der Waals surface area (Å²) in [4.78, 5) is 36.7. The molecular formula is C24H31N5O3. The molecule has 1 amide bonds. The Morgan fingerprint density at radius 1 is 1.34 bits per heavy atom. The van der Waals surface area contributed by atoms with E-state index in [9.17, 15) is 9.59 Å². The summed E-state index contributed by atoms with van der Waals surface area (Å²) in [5.74, 6) is 1.11. The molecule has 0 radical (unpaired) electrons. The van der Waals surface area contributed by atoms with Crippen LogP contribution in [0.3, 0.4) is 0 Å². The Kier molecular flexibility index (Phi) is 6.90. The van der Waals surface area contributed by atoms with Crippen molar-refractivity contribution >= 4 is 11.6 Å². The molecule has 1 atom stereocenters. The number of amides is 1. The predicted molar refractivity (Wildman–Crippen MR) is 125 cm³/mol. The van der Waals surface area contributed by atoms with Gasteiger partial charge in [-0.2, -0.15) is 0 Å². The third-order valence-corrected chi connectivity index (χ3v) is 6.17. The van der Waals surface area contributed by atoms with Gasteiger partial charge < -0.3 is 25.3 Å². The smallest absolute Gasteiger partial charge is 0.271 e. The minimum absolute atomic E-state index is 0.0157. The molecule has 4 rings (SSSR count). The van der Waals surface area contributed by atoms with E-state index in [1.165, 1.54) is 12.8 Å². The van der Waals surface area contributed by atoms with Crippen LogP contribution in [0.5, 0.6) is 5.88 Å². The lowest BCUT2D eigenvalue weighted by molar-refractivity contribution is -0.127. The molecule has 2 fully saturated rings. The molecule has 1 aliphatic heterocycles. The number of aromatic nitrogens is 2. The van der Waals surface area contributed by atoms with Crippen molar-refractivity contribution < 1.29 is 9.53 Å². The highest BCUT2D eigenvalue weighted by Crippen LogP contribution is 2.34. The Balaban J connectivity index is 1.63. The molecule has 2 aliphatic rings. The second-order valence-electron chi connectivity index (χ2n) is 8.50. The maximum atomic E-state index is 12.9. The van der Waals surface area contributed by atoms with Crippen LogP contribution >= 0.6 is 0 Å². The summed E-state index contributed by atoms with van der Waals surface area (Å²) in [6, 6.07) is 5.80. The van der Waals surface area contributed by atoms with Crippen molar-refractivity contribution in [2.24, 2.45) is 11.7 Å². The van der Waals surface area contributed by atoms with Gasteiger partial charge in [0.1, 0.15) is 5.69 Å². The van der Waals surface area contributed by atoms with Crippen LogP contribution < -0.4 is 20.9 Å². The van der Waals surface area contributed by atoms with Crippen LogP contribution in [0.2, 0.25) is 0 Å². The van der Waals surface area contributed by atoms with Crippen LogP contribution in [-0.4, -0.2) is 60.1 Å². The maximum Gasteiger partial charge on any atom is 0.271 e. The number of pyridine rings is 2. The lowest BCUT2D eigenvalue weighted by atomic mass is 10.0. The SMILES string of the molecule is COc1cc(-c2c[nH]c(=O)c(N(CC3CC3)C3CCCN(C(=O)C=CCN)C3)c2)ccn1. The molecule has 0 aromatic carbocycles. The molecule has 2 aromatic rings. The van der Waals surface area contributed by atoms with Crippen molar-refractivity contribution in [2.75, 3.05) is 38.2 Å². The highest BCUT2D eigenvalue weighted by molar-refractivity contribution is 5.87. The lowest BCUT2D eigenvalue weighted by Gasteiger charge is -2.40. The topological polar surface area (TPSA) is 105 Å². The van der Waals surface area contributed by atoms with Gasteiger partial charge in [0.2, 0.25) is 11.8 Å². The van der Waals surface area contributed by atoms with Gasteiger partial charge >= 0.3 is 0 Å². The molecule has 170 valence electrons. The van der Waals surface area contributed by atoms with Gasteiger partial charge in [-0.15, -0.1) is 0 Å². The monoisotopic (exact) mass is 437 g/mol. The second-order valence-corrected chi connectivity index (χ2v) is 8.50. The summed E-state index contributed by atoms with van der Waals surface area (Å²) in [5, 5.41) is 0. The fraction of sp³-hybridized carbons (Fsp3) is 0.458. The number of hydrogen-bond donors (Lipinski definition) is 2. The van der Waals surface area contributed by atoms with Crippen molar-refractivity contribution in [2.45, 2.75) is 31.7 Å². The molecule has 1 saturated heterocycles. The number of rotatable bonds is 8. The number of hydrogen-bond acceptors (Lipinski definition) is 6. The normalized spacial score (nSPS) is 18.7. The van der Waals surface area contributed by atoms with Crippen LogP contribution in [0.1, 0.15) is 25.7 Å². The van der Waals surface area contributed by atoms with Crippen molar-refractivity contribution in [3.8, 4) is 17.0 Å². The predicted octanol–water partition coefficient (Wildman–Crippen LogP) is 2.17. The number of carbonyl (C=O) groups is 1. The molecule has 8 nitrogen and oxygen atoms in total. The van der Waals surface area contributed by atoms with Crippen molar-refractivity contribution in [1.29, 1.82) is 0 Å². The third-order valence-electron chi connectivity index (χ3n) is 6.17. The summed E-state index contributed by atoms with van der Waals surface area (Å²) in [6.07, 6.45) is 10.9. The molecule has 8 heteroatoms. The van der Waals surface area contributed by atoms with Crippen molar-refractivity contribution in [1.82, 2.24) is 14.9 Å². The minimum Gasteiger partial charge on any atom is -0.481 e. The number of H-pyrrole nitrogens is 1. The molecule has 0 spiro atoms. The fourth-order valence-corrected chi connectivity index (χ4v) is 4.26. The Morgan fingerprint density at radius 2 is 2.19 bits per heavy atom. The number of piperidine rings is 1. The summed E-state index contributed by atoms with van der Waals surface area (Å²) >= 11 is 0. The zero-order chi connectivity index (χ0) is 22.5. The number of ether oxygens (including phenoxy) is 1. The van der Waals surface area contributed by atoms with Crippen LogP contribution in [0.25, 0.3) is 11.1 Å². The quantitative estimate of drug-likeness (QED) is 0.614. The molecular weight excluding hydrogens is 406 g/mol. The van der Waals surface area contributed by atoms with Gasteiger partial charge in [-0.05, 0) is 49.3 Å². The van der Waals surface area contributed by atoms with E-state index in [4.69, 9.17) is 10.5 Å². The number of nitrogens with two attached hydrogens (primary N) is 1. The first-order valence-corrected chi connectivity index (χ1v) is 11.2. The number of anilines is 1. The van der Waals surface area contributed by atoms with Gasteiger partial charge in [0.25, 0.3) is 5.56 Å². The van der Waals surface area contributed by atoms with E-state index in [1.807, 2.05) is 23.1 Å². The maximum absolute atomic E-state index is 12.9. The molecule has 3 heterocycles. The first kappa shape index (κ1) is 22.1. The van der Waals surface area contributed by atoms with E-state index >= 15 is 0 Å². The first-order chi connectivity index (χ1) is 15.6. The number of likely N-dealkylation sites (tertiary alicyclic amines) is 1. The largest absolute Gasteiger partial charge is 0.481 e. The highest BCUT2D eigenvalue weighted by Gasteiger charge is 2.33. The van der Waals surface area contributed by atoms with Crippen molar-refractivity contribution in [3.63, 3.8) is 0 Å². The Morgan fingerprint density at radius 3 is 2.94 bits per heavy atom. The van der Waals surface area contributed by atoms with Gasteiger partial charge in [0.05, 0.1) is 7.11 Å².